The molecule has 1 unspecified atom stereocenters. The first-order valence-electron chi connectivity index (χ1n) is 9.15. The van der Waals surface area contributed by atoms with Gasteiger partial charge in [0.05, 0.1) is 17.7 Å². The molecule has 6 nitrogen and oxygen atoms in total. The monoisotopic (exact) mass is 368 g/mol. The van der Waals surface area contributed by atoms with Crippen molar-refractivity contribution in [1.82, 2.24) is 24.5 Å². The highest BCUT2D eigenvalue weighted by molar-refractivity contribution is 7.07. The van der Waals surface area contributed by atoms with E-state index in [9.17, 15) is 0 Å². The van der Waals surface area contributed by atoms with E-state index in [1.165, 1.54) is 5.56 Å². The second-order valence-corrected chi connectivity index (χ2v) is 7.85. The molecule has 0 amide bonds. The van der Waals surface area contributed by atoms with Crippen molar-refractivity contribution in [2.24, 2.45) is 0 Å². The summed E-state index contributed by atoms with van der Waals surface area (Å²) in [6, 6.07) is 0. The molecule has 1 atom stereocenters. The number of hydrogen-bond donors (Lipinski definition) is 0. The maximum absolute atomic E-state index is 4.69. The van der Waals surface area contributed by atoms with Crippen molar-refractivity contribution in [3.63, 3.8) is 0 Å². The normalized spacial score (nSPS) is 17.8. The summed E-state index contributed by atoms with van der Waals surface area (Å²) in [5.41, 5.74) is 4.20. The van der Waals surface area contributed by atoms with Gasteiger partial charge in [0, 0.05) is 48.5 Å². The summed E-state index contributed by atoms with van der Waals surface area (Å²) in [5.74, 6) is 3.06. The minimum atomic E-state index is 0.410. The molecule has 0 spiro atoms. The minimum absolute atomic E-state index is 0.410. The summed E-state index contributed by atoms with van der Waals surface area (Å²) in [4.78, 5) is 20.3. The van der Waals surface area contributed by atoms with E-state index in [4.69, 9.17) is 0 Å². The van der Waals surface area contributed by atoms with Gasteiger partial charge in [-0.2, -0.15) is 0 Å². The first kappa shape index (κ1) is 17.1. The van der Waals surface area contributed by atoms with E-state index < -0.39 is 0 Å². The van der Waals surface area contributed by atoms with Crippen LogP contribution >= 0.6 is 11.3 Å². The summed E-state index contributed by atoms with van der Waals surface area (Å²) in [6.07, 6.45) is 9.90. The number of thiazole rings is 1. The van der Waals surface area contributed by atoms with Gasteiger partial charge in [-0.25, -0.2) is 19.9 Å². The molecular weight excluding hydrogens is 344 g/mol. The number of anilines is 1. The Morgan fingerprint density at radius 3 is 3.00 bits per heavy atom. The van der Waals surface area contributed by atoms with Crippen LogP contribution in [-0.2, 0) is 6.54 Å². The first-order chi connectivity index (χ1) is 12.7. The topological polar surface area (TPSA) is 59.7 Å². The van der Waals surface area contributed by atoms with Crippen molar-refractivity contribution in [3.8, 4) is 0 Å². The molecule has 0 aromatic carbocycles. The zero-order chi connectivity index (χ0) is 17.9. The van der Waals surface area contributed by atoms with Crippen molar-refractivity contribution in [2.75, 3.05) is 18.0 Å². The molecule has 136 valence electrons. The number of rotatable bonds is 5. The lowest BCUT2D eigenvalue weighted by molar-refractivity contribution is 0.472. The molecule has 1 saturated heterocycles. The van der Waals surface area contributed by atoms with Crippen molar-refractivity contribution in [2.45, 2.75) is 45.1 Å². The van der Waals surface area contributed by atoms with Crippen molar-refractivity contribution >= 4 is 17.2 Å². The quantitative estimate of drug-likeness (QED) is 0.687. The maximum Gasteiger partial charge on any atom is 0.135 e. The Balaban J connectivity index is 1.56. The van der Waals surface area contributed by atoms with Crippen LogP contribution in [-0.4, -0.2) is 37.6 Å². The highest BCUT2D eigenvalue weighted by Gasteiger charge is 2.27. The number of hydrogen-bond acceptors (Lipinski definition) is 6. The molecule has 0 saturated carbocycles. The fourth-order valence-corrected chi connectivity index (χ4v) is 4.24. The van der Waals surface area contributed by atoms with Crippen LogP contribution in [0.25, 0.3) is 0 Å². The second-order valence-electron chi connectivity index (χ2n) is 7.13. The zero-order valence-corrected chi connectivity index (χ0v) is 16.1. The Kier molecular flexibility index (Phi) is 4.97. The van der Waals surface area contributed by atoms with E-state index in [0.717, 1.165) is 49.8 Å². The van der Waals surface area contributed by atoms with Gasteiger partial charge in [0.1, 0.15) is 18.0 Å². The molecule has 26 heavy (non-hydrogen) atoms. The van der Waals surface area contributed by atoms with Crippen LogP contribution in [0.15, 0.2) is 35.8 Å². The van der Waals surface area contributed by atoms with Crippen LogP contribution in [0.2, 0.25) is 0 Å². The lowest BCUT2D eigenvalue weighted by Gasteiger charge is -2.34. The maximum atomic E-state index is 4.69. The average molecular weight is 369 g/mol. The van der Waals surface area contributed by atoms with Gasteiger partial charge < -0.3 is 9.47 Å². The lowest BCUT2D eigenvalue weighted by Crippen LogP contribution is -2.36. The minimum Gasteiger partial charge on any atom is -0.356 e. The molecular formula is C19H24N6S. The van der Waals surface area contributed by atoms with Crippen molar-refractivity contribution < 1.29 is 0 Å². The fourth-order valence-electron chi connectivity index (χ4n) is 3.69. The second kappa shape index (κ2) is 7.53. The average Bonchev–Trinajstić information content (AvgIpc) is 3.34. The molecule has 0 aliphatic carbocycles. The molecule has 1 fully saturated rings. The predicted molar refractivity (Wildman–Crippen MR) is 104 cm³/mol. The third kappa shape index (κ3) is 3.49. The molecule has 0 radical (unpaired) electrons. The van der Waals surface area contributed by atoms with Crippen molar-refractivity contribution in [3.05, 3.63) is 52.9 Å². The molecule has 3 aromatic rings. The summed E-state index contributed by atoms with van der Waals surface area (Å²) < 4.78 is 2.24. The summed E-state index contributed by atoms with van der Waals surface area (Å²) in [5, 5.41) is 2.10. The van der Waals surface area contributed by atoms with Crippen LogP contribution in [0, 0.1) is 0 Å². The Morgan fingerprint density at radius 2 is 2.19 bits per heavy atom. The Morgan fingerprint density at radius 1 is 1.27 bits per heavy atom. The molecule has 4 heterocycles. The van der Waals surface area contributed by atoms with Crippen LogP contribution in [0.4, 0.5) is 5.82 Å². The van der Waals surface area contributed by atoms with Crippen LogP contribution in [0.3, 0.4) is 0 Å². The Bertz CT molecular complexity index is 841. The third-order valence-electron chi connectivity index (χ3n) is 4.99. The van der Waals surface area contributed by atoms with Gasteiger partial charge >= 0.3 is 0 Å². The van der Waals surface area contributed by atoms with Crippen molar-refractivity contribution in [1.29, 1.82) is 0 Å². The zero-order valence-electron chi connectivity index (χ0n) is 15.2. The fraction of sp³-hybridized carbons (Fsp3) is 0.474. The van der Waals surface area contributed by atoms with Gasteiger partial charge in [0.15, 0.2) is 0 Å². The standard InChI is InChI=1S/C19H24N6S/c1-14(2)17-8-20-12-22-19(17)24-6-3-4-15(9-24)18-21-5-7-25(18)10-16-11-26-13-23-16/h5,7-8,11-15H,3-4,6,9-10H2,1-2H3. The van der Waals surface area contributed by atoms with E-state index in [-0.39, 0.29) is 0 Å². The van der Waals surface area contributed by atoms with Gasteiger partial charge in [-0.1, -0.05) is 13.8 Å². The molecule has 7 heteroatoms. The van der Waals surface area contributed by atoms with Gasteiger partial charge in [0.25, 0.3) is 0 Å². The van der Waals surface area contributed by atoms with Crippen LogP contribution < -0.4 is 4.90 Å². The van der Waals surface area contributed by atoms with Crippen LogP contribution in [0.5, 0.6) is 0 Å². The molecule has 0 N–H and O–H groups in total. The van der Waals surface area contributed by atoms with Gasteiger partial charge in [-0.3, -0.25) is 0 Å². The third-order valence-corrected chi connectivity index (χ3v) is 5.63. The van der Waals surface area contributed by atoms with Gasteiger partial charge in [-0.05, 0) is 18.8 Å². The number of nitrogens with zero attached hydrogens (tertiary/aromatic N) is 6. The molecule has 3 aromatic heterocycles. The first-order valence-corrected chi connectivity index (χ1v) is 10.1. The predicted octanol–water partition coefficient (Wildman–Crippen LogP) is 3.69. The molecule has 0 bridgehead atoms. The van der Waals surface area contributed by atoms with E-state index in [0.29, 0.717) is 11.8 Å². The van der Waals surface area contributed by atoms with Crippen LogP contribution in [0.1, 0.15) is 55.6 Å². The number of aromatic nitrogens is 5. The SMILES string of the molecule is CC(C)c1cncnc1N1CCCC(c2nccn2Cc2cscn2)C1. The summed E-state index contributed by atoms with van der Waals surface area (Å²) in [6.45, 7) is 7.18. The summed E-state index contributed by atoms with van der Waals surface area (Å²) >= 11 is 1.64. The van der Waals surface area contributed by atoms with E-state index in [2.05, 4.69) is 54.8 Å². The largest absolute Gasteiger partial charge is 0.356 e. The lowest BCUT2D eigenvalue weighted by atomic mass is 9.96. The summed E-state index contributed by atoms with van der Waals surface area (Å²) in [7, 11) is 0. The number of piperidine rings is 1. The Hall–Kier alpha value is -2.28. The van der Waals surface area contributed by atoms with E-state index in [1.54, 1.807) is 17.7 Å². The molecule has 1 aliphatic heterocycles. The van der Waals surface area contributed by atoms with Gasteiger partial charge in [-0.15, -0.1) is 11.3 Å². The molecule has 1 aliphatic rings. The molecule has 4 rings (SSSR count). The highest BCUT2D eigenvalue weighted by atomic mass is 32.1. The smallest absolute Gasteiger partial charge is 0.135 e. The van der Waals surface area contributed by atoms with E-state index in [1.807, 2.05) is 17.9 Å². The highest BCUT2D eigenvalue weighted by Crippen LogP contribution is 2.32. The van der Waals surface area contributed by atoms with E-state index >= 15 is 0 Å². The number of imidazole rings is 1. The van der Waals surface area contributed by atoms with Gasteiger partial charge in [0.2, 0.25) is 0 Å². The Labute approximate surface area is 158 Å².